The molecule has 0 radical (unpaired) electrons. The Balaban J connectivity index is 1.55. The molecule has 130 valence electrons. The first-order chi connectivity index (χ1) is 12.0. The number of hydrogen-bond acceptors (Lipinski definition) is 3. The minimum atomic E-state index is -0.218. The molecule has 2 amide bonds. The Morgan fingerprint density at radius 1 is 1.16 bits per heavy atom. The highest BCUT2D eigenvalue weighted by molar-refractivity contribution is 5.96. The van der Waals surface area contributed by atoms with E-state index in [0.29, 0.717) is 17.9 Å². The molecule has 0 aromatic heterocycles. The summed E-state index contributed by atoms with van der Waals surface area (Å²) in [6.07, 6.45) is 1.50. The SMILES string of the molecule is Cc1ccc(OCC(=O)Nc2ccc(N3CCCC3=O)cc2)c(C)c1. The van der Waals surface area contributed by atoms with Crippen molar-refractivity contribution in [3.05, 3.63) is 53.6 Å². The van der Waals surface area contributed by atoms with Gasteiger partial charge in [-0.3, -0.25) is 9.59 Å². The molecule has 1 aliphatic rings. The van der Waals surface area contributed by atoms with Crippen molar-refractivity contribution in [2.24, 2.45) is 0 Å². The predicted molar refractivity (Wildman–Crippen MR) is 98.1 cm³/mol. The molecular formula is C20H22N2O3. The lowest BCUT2D eigenvalue weighted by Gasteiger charge is -2.16. The van der Waals surface area contributed by atoms with Crippen LogP contribution in [0.1, 0.15) is 24.0 Å². The summed E-state index contributed by atoms with van der Waals surface area (Å²) in [5.74, 6) is 0.646. The summed E-state index contributed by atoms with van der Waals surface area (Å²) >= 11 is 0. The van der Waals surface area contributed by atoms with Crippen LogP contribution in [0.3, 0.4) is 0 Å². The molecular weight excluding hydrogens is 316 g/mol. The van der Waals surface area contributed by atoms with Crippen LogP contribution >= 0.6 is 0 Å². The molecule has 2 aromatic rings. The number of rotatable bonds is 5. The van der Waals surface area contributed by atoms with Gasteiger partial charge in [0.1, 0.15) is 5.75 Å². The highest BCUT2D eigenvalue weighted by atomic mass is 16.5. The van der Waals surface area contributed by atoms with Gasteiger partial charge in [0.25, 0.3) is 5.91 Å². The zero-order valence-electron chi connectivity index (χ0n) is 14.5. The molecule has 1 saturated heterocycles. The first-order valence-electron chi connectivity index (χ1n) is 8.43. The molecule has 0 saturated carbocycles. The Labute approximate surface area is 147 Å². The average Bonchev–Trinajstić information content (AvgIpc) is 3.01. The van der Waals surface area contributed by atoms with Gasteiger partial charge in [0, 0.05) is 24.3 Å². The molecule has 0 atom stereocenters. The number of anilines is 2. The minimum Gasteiger partial charge on any atom is -0.483 e. The number of ether oxygens (including phenoxy) is 1. The molecule has 0 unspecified atom stereocenters. The maximum absolute atomic E-state index is 12.1. The summed E-state index contributed by atoms with van der Waals surface area (Å²) in [5, 5.41) is 2.80. The number of carbonyl (C=O) groups excluding carboxylic acids is 2. The van der Waals surface area contributed by atoms with Crippen LogP contribution in [0.4, 0.5) is 11.4 Å². The van der Waals surface area contributed by atoms with Gasteiger partial charge >= 0.3 is 0 Å². The lowest BCUT2D eigenvalue weighted by atomic mass is 10.1. The molecule has 1 fully saturated rings. The van der Waals surface area contributed by atoms with Gasteiger partial charge in [0.15, 0.2) is 6.61 Å². The second-order valence-electron chi connectivity index (χ2n) is 6.30. The van der Waals surface area contributed by atoms with Crippen LogP contribution in [0, 0.1) is 13.8 Å². The molecule has 5 nitrogen and oxygen atoms in total. The third-order valence-corrected chi connectivity index (χ3v) is 4.23. The van der Waals surface area contributed by atoms with Crippen LogP contribution in [0.25, 0.3) is 0 Å². The van der Waals surface area contributed by atoms with Gasteiger partial charge < -0.3 is 15.0 Å². The van der Waals surface area contributed by atoms with Crippen molar-refractivity contribution in [2.75, 3.05) is 23.4 Å². The quantitative estimate of drug-likeness (QED) is 0.908. The molecule has 1 aliphatic heterocycles. The lowest BCUT2D eigenvalue weighted by molar-refractivity contribution is -0.118. The fourth-order valence-electron chi connectivity index (χ4n) is 2.95. The minimum absolute atomic E-state index is 0.0454. The second kappa shape index (κ2) is 7.38. The number of aryl methyl sites for hydroxylation is 2. The van der Waals surface area contributed by atoms with Crippen LogP contribution in [0.5, 0.6) is 5.75 Å². The summed E-state index contributed by atoms with van der Waals surface area (Å²) in [6.45, 7) is 4.69. The predicted octanol–water partition coefficient (Wildman–Crippen LogP) is 3.45. The standard InChI is InChI=1S/C20H22N2O3/c1-14-5-10-18(15(2)12-14)25-13-19(23)21-16-6-8-17(9-7-16)22-11-3-4-20(22)24/h5-10,12H,3-4,11,13H2,1-2H3,(H,21,23). The summed E-state index contributed by atoms with van der Waals surface area (Å²) in [7, 11) is 0. The summed E-state index contributed by atoms with van der Waals surface area (Å²) in [6, 6.07) is 13.2. The molecule has 2 aromatic carbocycles. The average molecular weight is 338 g/mol. The Kier molecular flexibility index (Phi) is 5.03. The van der Waals surface area contributed by atoms with Gasteiger partial charge in [-0.2, -0.15) is 0 Å². The van der Waals surface area contributed by atoms with Crippen molar-refractivity contribution in [3.63, 3.8) is 0 Å². The van der Waals surface area contributed by atoms with Gasteiger partial charge in [0.2, 0.25) is 5.91 Å². The number of carbonyl (C=O) groups is 2. The van der Waals surface area contributed by atoms with Gasteiger partial charge in [-0.05, 0) is 56.2 Å². The van der Waals surface area contributed by atoms with E-state index >= 15 is 0 Å². The summed E-state index contributed by atoms with van der Waals surface area (Å²) < 4.78 is 5.58. The van der Waals surface area contributed by atoms with E-state index in [4.69, 9.17) is 4.74 Å². The number of amides is 2. The van der Waals surface area contributed by atoms with Crippen LogP contribution < -0.4 is 15.0 Å². The lowest BCUT2D eigenvalue weighted by Crippen LogP contribution is -2.23. The molecule has 1 N–H and O–H groups in total. The third kappa shape index (κ3) is 4.18. The normalized spacial score (nSPS) is 13.8. The van der Waals surface area contributed by atoms with E-state index in [1.54, 1.807) is 17.0 Å². The molecule has 0 bridgehead atoms. The van der Waals surface area contributed by atoms with E-state index < -0.39 is 0 Å². The van der Waals surface area contributed by atoms with Crippen molar-refractivity contribution in [1.82, 2.24) is 0 Å². The number of nitrogens with one attached hydrogen (secondary N) is 1. The molecule has 0 spiro atoms. The largest absolute Gasteiger partial charge is 0.483 e. The molecule has 5 heteroatoms. The van der Waals surface area contributed by atoms with Crippen molar-refractivity contribution in [3.8, 4) is 5.75 Å². The van der Waals surface area contributed by atoms with Crippen molar-refractivity contribution in [2.45, 2.75) is 26.7 Å². The van der Waals surface area contributed by atoms with Crippen molar-refractivity contribution < 1.29 is 14.3 Å². The van der Waals surface area contributed by atoms with Crippen LogP contribution in [0.2, 0.25) is 0 Å². The summed E-state index contributed by atoms with van der Waals surface area (Å²) in [5.41, 5.74) is 3.72. The van der Waals surface area contributed by atoms with Crippen molar-refractivity contribution in [1.29, 1.82) is 0 Å². The fraction of sp³-hybridized carbons (Fsp3) is 0.300. The van der Waals surface area contributed by atoms with E-state index in [-0.39, 0.29) is 18.4 Å². The van der Waals surface area contributed by atoms with Crippen molar-refractivity contribution >= 4 is 23.2 Å². The highest BCUT2D eigenvalue weighted by Crippen LogP contribution is 2.23. The van der Waals surface area contributed by atoms with E-state index in [9.17, 15) is 9.59 Å². The Bertz CT molecular complexity index is 784. The zero-order valence-corrected chi connectivity index (χ0v) is 14.5. The maximum atomic E-state index is 12.1. The van der Waals surface area contributed by atoms with E-state index in [1.165, 1.54) is 0 Å². The Hall–Kier alpha value is -2.82. The maximum Gasteiger partial charge on any atom is 0.262 e. The number of hydrogen-bond donors (Lipinski definition) is 1. The van der Waals surface area contributed by atoms with E-state index in [2.05, 4.69) is 5.32 Å². The second-order valence-corrected chi connectivity index (χ2v) is 6.30. The molecule has 0 aliphatic carbocycles. The smallest absolute Gasteiger partial charge is 0.262 e. The van der Waals surface area contributed by atoms with Gasteiger partial charge in [0.05, 0.1) is 0 Å². The Morgan fingerprint density at radius 3 is 2.56 bits per heavy atom. The first kappa shape index (κ1) is 17.0. The van der Waals surface area contributed by atoms with E-state index in [0.717, 1.165) is 29.8 Å². The topological polar surface area (TPSA) is 58.6 Å². The molecule has 3 rings (SSSR count). The number of nitrogens with zero attached hydrogens (tertiary/aromatic N) is 1. The van der Waals surface area contributed by atoms with Gasteiger partial charge in [-0.1, -0.05) is 17.7 Å². The van der Waals surface area contributed by atoms with Gasteiger partial charge in [-0.15, -0.1) is 0 Å². The highest BCUT2D eigenvalue weighted by Gasteiger charge is 2.21. The monoisotopic (exact) mass is 338 g/mol. The van der Waals surface area contributed by atoms with Crippen LogP contribution in [-0.4, -0.2) is 25.0 Å². The summed E-state index contributed by atoms with van der Waals surface area (Å²) in [4.78, 5) is 25.6. The van der Waals surface area contributed by atoms with Crippen LogP contribution in [-0.2, 0) is 9.59 Å². The van der Waals surface area contributed by atoms with E-state index in [1.807, 2.05) is 44.2 Å². The van der Waals surface area contributed by atoms with Crippen LogP contribution in [0.15, 0.2) is 42.5 Å². The third-order valence-electron chi connectivity index (χ3n) is 4.23. The first-order valence-corrected chi connectivity index (χ1v) is 8.43. The number of benzene rings is 2. The fourth-order valence-corrected chi connectivity index (χ4v) is 2.95. The Morgan fingerprint density at radius 2 is 1.92 bits per heavy atom. The zero-order chi connectivity index (χ0) is 17.8. The molecule has 25 heavy (non-hydrogen) atoms. The van der Waals surface area contributed by atoms with Gasteiger partial charge in [-0.25, -0.2) is 0 Å². The molecule has 1 heterocycles.